The molecule has 0 aliphatic heterocycles. The molecular weight excluding hydrogens is 214 g/mol. The van der Waals surface area contributed by atoms with Crippen LogP contribution >= 0.6 is 0 Å². The van der Waals surface area contributed by atoms with Crippen molar-refractivity contribution in [2.75, 3.05) is 27.7 Å². The summed E-state index contributed by atoms with van der Waals surface area (Å²) in [5.74, 6) is 0. The summed E-state index contributed by atoms with van der Waals surface area (Å²) in [5.41, 5.74) is 0. The minimum absolute atomic E-state index is 0.500. The van der Waals surface area contributed by atoms with Crippen LogP contribution in [0.5, 0.6) is 0 Å². The topological polar surface area (TPSA) is 40.1 Å². The molecule has 0 heterocycles. The Labute approximate surface area is 107 Å². The normalized spacial score (nSPS) is 10.6. The Kier molecular flexibility index (Phi) is 14.9. The third-order valence-electron chi connectivity index (χ3n) is 2.68. The summed E-state index contributed by atoms with van der Waals surface area (Å²) in [4.78, 5) is 8.25. The molecule has 0 unspecified atom stereocenters. The lowest BCUT2D eigenvalue weighted by Gasteiger charge is -2.23. The second-order valence-electron chi connectivity index (χ2n) is 5.59. The smallest absolute Gasteiger partial charge is 0.0780 e. The molecule has 0 aromatic rings. The van der Waals surface area contributed by atoms with Crippen molar-refractivity contribution in [3.05, 3.63) is 0 Å². The van der Waals surface area contributed by atoms with Crippen LogP contribution in [0.4, 0.5) is 0 Å². The van der Waals surface area contributed by atoms with E-state index in [9.17, 15) is 0 Å². The Morgan fingerprint density at radius 2 is 1.24 bits per heavy atom. The molecule has 0 spiro atoms. The lowest BCUT2D eigenvalue weighted by molar-refractivity contribution is -0.870. The number of quaternary nitrogens is 1. The van der Waals surface area contributed by atoms with Crippen molar-refractivity contribution >= 4 is 6.47 Å². The molecule has 0 aromatic heterocycles. The van der Waals surface area contributed by atoms with Crippen LogP contribution in [0.3, 0.4) is 0 Å². The molecule has 0 aliphatic carbocycles. The molecule has 3 heteroatoms. The van der Waals surface area contributed by atoms with Gasteiger partial charge in [0.1, 0.15) is 0 Å². The van der Waals surface area contributed by atoms with Crippen molar-refractivity contribution < 1.29 is 14.4 Å². The van der Waals surface area contributed by atoms with Crippen molar-refractivity contribution in [3.63, 3.8) is 0 Å². The molecule has 0 saturated heterocycles. The Balaban J connectivity index is 0. The van der Waals surface area contributed by atoms with Crippen LogP contribution in [0.15, 0.2) is 0 Å². The Morgan fingerprint density at radius 1 is 0.882 bits per heavy atom. The Hall–Kier alpha value is -0.570. The van der Waals surface area contributed by atoms with E-state index < -0.39 is 6.47 Å². The average Bonchev–Trinajstić information content (AvgIpc) is 2.22. The predicted octanol–water partition coefficient (Wildman–Crippen LogP) is 2.20. The van der Waals surface area contributed by atoms with Crippen LogP contribution in [0, 0.1) is 0 Å². The zero-order valence-corrected chi connectivity index (χ0v) is 12.2. The van der Waals surface area contributed by atoms with Gasteiger partial charge in [0.05, 0.1) is 27.7 Å². The molecular formula is C14H31NO2. The lowest BCUT2D eigenvalue weighted by atomic mass is 10.1. The summed E-state index contributed by atoms with van der Waals surface area (Å²) in [6, 6.07) is 0. The summed E-state index contributed by atoms with van der Waals surface area (Å²) in [6.45, 7) is 3.11. The van der Waals surface area contributed by atoms with Gasteiger partial charge in [-0.3, -0.25) is 0 Å². The van der Waals surface area contributed by atoms with E-state index in [4.69, 9.17) is 9.90 Å². The fourth-order valence-corrected chi connectivity index (χ4v) is 1.72. The monoisotopic (exact) mass is 245 g/mol. The van der Waals surface area contributed by atoms with Gasteiger partial charge in [-0.1, -0.05) is 45.4 Å². The highest BCUT2D eigenvalue weighted by Gasteiger charge is 2.04. The molecule has 0 aromatic carbocycles. The van der Waals surface area contributed by atoms with E-state index in [1.165, 1.54) is 57.9 Å². The van der Waals surface area contributed by atoms with E-state index in [2.05, 4.69) is 28.1 Å². The summed E-state index contributed by atoms with van der Waals surface area (Å²) in [5, 5.41) is 8.25. The SMILES string of the molecule is CCCCCCCCCC[N+](C)(C)C.O=C[O-]. The Bertz CT molecular complexity index is 153. The molecule has 0 amide bonds. The van der Waals surface area contributed by atoms with Crippen molar-refractivity contribution in [1.82, 2.24) is 0 Å². The summed E-state index contributed by atoms with van der Waals surface area (Å²) in [7, 11) is 6.84. The molecule has 0 saturated carbocycles. The van der Waals surface area contributed by atoms with Crippen LogP contribution in [0.2, 0.25) is 0 Å². The molecule has 0 rings (SSSR count). The first-order chi connectivity index (χ1) is 7.97. The van der Waals surface area contributed by atoms with Crippen molar-refractivity contribution in [1.29, 1.82) is 0 Å². The standard InChI is InChI=1S/C13H30N.CH2O2/c1-5-6-7-8-9-10-11-12-13-14(2,3)4;2-1-3/h5-13H2,1-4H3;1H,(H,2,3)/q+1;/p-1. The van der Waals surface area contributed by atoms with Crippen molar-refractivity contribution in [3.8, 4) is 0 Å². The molecule has 0 fully saturated rings. The number of hydrogen-bond acceptors (Lipinski definition) is 2. The highest BCUT2D eigenvalue weighted by Crippen LogP contribution is 2.09. The second-order valence-corrected chi connectivity index (χ2v) is 5.59. The third kappa shape index (κ3) is 25.6. The van der Waals surface area contributed by atoms with Crippen LogP contribution in [0.25, 0.3) is 0 Å². The number of unbranched alkanes of at least 4 members (excludes halogenated alkanes) is 7. The highest BCUT2D eigenvalue weighted by molar-refractivity contribution is 5.29. The van der Waals surface area contributed by atoms with Gasteiger partial charge in [-0.2, -0.15) is 0 Å². The van der Waals surface area contributed by atoms with Gasteiger partial charge in [0, 0.05) is 6.47 Å². The molecule has 0 bridgehead atoms. The lowest BCUT2D eigenvalue weighted by Crippen LogP contribution is -2.35. The zero-order chi connectivity index (χ0) is 13.6. The van der Waals surface area contributed by atoms with Gasteiger partial charge in [-0.25, -0.2) is 0 Å². The fourth-order valence-electron chi connectivity index (χ4n) is 1.72. The quantitative estimate of drug-likeness (QED) is 0.355. The zero-order valence-electron chi connectivity index (χ0n) is 12.2. The average molecular weight is 245 g/mol. The van der Waals surface area contributed by atoms with Crippen molar-refractivity contribution in [2.45, 2.75) is 58.3 Å². The van der Waals surface area contributed by atoms with Gasteiger partial charge < -0.3 is 14.4 Å². The maximum atomic E-state index is 8.25. The Morgan fingerprint density at radius 3 is 1.59 bits per heavy atom. The van der Waals surface area contributed by atoms with Crippen LogP contribution in [-0.4, -0.2) is 38.6 Å². The van der Waals surface area contributed by atoms with E-state index in [0.717, 1.165) is 4.48 Å². The maximum absolute atomic E-state index is 8.25. The van der Waals surface area contributed by atoms with Crippen molar-refractivity contribution in [2.24, 2.45) is 0 Å². The van der Waals surface area contributed by atoms with Crippen LogP contribution in [0.1, 0.15) is 58.3 Å². The maximum Gasteiger partial charge on any atom is 0.0780 e. The minimum Gasteiger partial charge on any atom is -0.554 e. The molecule has 17 heavy (non-hydrogen) atoms. The second kappa shape index (κ2) is 13.5. The van der Waals surface area contributed by atoms with Gasteiger partial charge >= 0.3 is 0 Å². The van der Waals surface area contributed by atoms with E-state index in [1.807, 2.05) is 0 Å². The summed E-state index contributed by atoms with van der Waals surface area (Å²) in [6.07, 6.45) is 11.4. The minimum atomic E-state index is -0.500. The number of hydrogen-bond donors (Lipinski definition) is 0. The van der Waals surface area contributed by atoms with Crippen LogP contribution in [-0.2, 0) is 4.79 Å². The largest absolute Gasteiger partial charge is 0.554 e. The van der Waals surface area contributed by atoms with Crippen LogP contribution < -0.4 is 5.11 Å². The number of carbonyl (C=O) groups is 1. The molecule has 3 nitrogen and oxygen atoms in total. The highest BCUT2D eigenvalue weighted by atomic mass is 16.3. The third-order valence-corrected chi connectivity index (χ3v) is 2.68. The van der Waals surface area contributed by atoms with Gasteiger partial charge in [0.15, 0.2) is 0 Å². The first-order valence-corrected chi connectivity index (χ1v) is 6.84. The van der Waals surface area contributed by atoms with Gasteiger partial charge in [0.2, 0.25) is 0 Å². The first-order valence-electron chi connectivity index (χ1n) is 6.84. The van der Waals surface area contributed by atoms with E-state index in [-0.39, 0.29) is 0 Å². The molecule has 104 valence electrons. The number of rotatable bonds is 9. The first kappa shape index (κ1) is 18.8. The van der Waals surface area contributed by atoms with E-state index in [1.54, 1.807) is 0 Å². The van der Waals surface area contributed by atoms with Gasteiger partial charge in [0.25, 0.3) is 0 Å². The number of carboxylic acid groups (broad SMARTS) is 1. The fraction of sp³-hybridized carbons (Fsp3) is 0.929. The van der Waals surface area contributed by atoms with E-state index in [0.29, 0.717) is 0 Å². The van der Waals surface area contributed by atoms with Gasteiger partial charge in [-0.05, 0) is 12.8 Å². The summed E-state index contributed by atoms with van der Waals surface area (Å²) < 4.78 is 1.12. The molecule has 0 aliphatic rings. The van der Waals surface area contributed by atoms with Gasteiger partial charge in [-0.15, -0.1) is 0 Å². The molecule has 0 N–H and O–H groups in total. The number of carbonyl (C=O) groups excluding carboxylic acids is 1. The number of nitrogens with zero attached hydrogens (tertiary/aromatic N) is 1. The van der Waals surface area contributed by atoms with E-state index >= 15 is 0 Å². The predicted molar refractivity (Wildman–Crippen MR) is 71.6 cm³/mol. The summed E-state index contributed by atoms with van der Waals surface area (Å²) >= 11 is 0. The molecule has 0 atom stereocenters. The molecule has 0 radical (unpaired) electrons.